The zero-order chi connectivity index (χ0) is 13.1. The first-order valence-corrected chi connectivity index (χ1v) is 6.58. The molecule has 0 nitrogen and oxygen atoms in total. The van der Waals surface area contributed by atoms with E-state index < -0.39 is 0 Å². The summed E-state index contributed by atoms with van der Waals surface area (Å²) in [4.78, 5) is 0. The largest absolute Gasteiger partial charge is 0.0772 e. The van der Waals surface area contributed by atoms with Gasteiger partial charge in [0, 0.05) is 0 Å². The quantitative estimate of drug-likeness (QED) is 0.527. The zero-order valence-corrected chi connectivity index (χ0v) is 13.0. The lowest BCUT2D eigenvalue weighted by Crippen LogP contribution is -2.23. The van der Waals surface area contributed by atoms with Crippen LogP contribution in [0.15, 0.2) is 11.1 Å². The van der Waals surface area contributed by atoms with E-state index in [0.717, 1.165) is 0 Å². The molecular formula is C16H32. The molecule has 0 aliphatic carbocycles. The molecule has 16 heavy (non-hydrogen) atoms. The Balaban J connectivity index is 4.55. The van der Waals surface area contributed by atoms with E-state index in [0.29, 0.717) is 16.7 Å². The van der Waals surface area contributed by atoms with E-state index in [1.54, 1.807) is 5.57 Å². The summed E-state index contributed by atoms with van der Waals surface area (Å²) in [5.41, 5.74) is 3.93. The highest BCUT2D eigenvalue weighted by Crippen LogP contribution is 2.39. The van der Waals surface area contributed by atoms with Gasteiger partial charge >= 0.3 is 0 Å². The molecule has 96 valence electrons. The minimum absolute atomic E-state index is 0.433. The molecule has 0 aromatic carbocycles. The van der Waals surface area contributed by atoms with Gasteiger partial charge < -0.3 is 0 Å². The van der Waals surface area contributed by atoms with Crippen molar-refractivity contribution in [1.29, 1.82) is 0 Å². The molecule has 0 radical (unpaired) electrons. The molecule has 1 unspecified atom stereocenters. The topological polar surface area (TPSA) is 0 Å². The fourth-order valence-corrected chi connectivity index (χ4v) is 2.98. The minimum atomic E-state index is 0.433. The highest BCUT2D eigenvalue weighted by Gasteiger charge is 2.27. The number of rotatable bonds is 4. The van der Waals surface area contributed by atoms with Crippen molar-refractivity contribution in [2.45, 2.75) is 75.2 Å². The summed E-state index contributed by atoms with van der Waals surface area (Å²) in [5.74, 6) is 0.711. The number of allylic oxidation sites excluding steroid dienone is 2. The lowest BCUT2D eigenvalue weighted by Gasteiger charge is -2.35. The first-order chi connectivity index (χ1) is 6.94. The predicted octanol–water partition coefficient (Wildman–Crippen LogP) is 5.83. The van der Waals surface area contributed by atoms with E-state index in [1.165, 1.54) is 18.4 Å². The molecule has 0 saturated heterocycles. The number of hydrogen-bond donors (Lipinski definition) is 0. The molecule has 0 saturated carbocycles. The Labute approximate surface area is 104 Å². The average molecular weight is 224 g/mol. The van der Waals surface area contributed by atoms with Crippen LogP contribution in [0.25, 0.3) is 0 Å². The summed E-state index contributed by atoms with van der Waals surface area (Å²) in [6, 6.07) is 0. The van der Waals surface area contributed by atoms with Gasteiger partial charge in [-0.3, -0.25) is 0 Å². The lowest BCUT2D eigenvalue weighted by molar-refractivity contribution is 0.182. The smallest absolute Gasteiger partial charge is 0.0227 e. The van der Waals surface area contributed by atoms with Crippen molar-refractivity contribution in [3.8, 4) is 0 Å². The molecule has 0 spiro atoms. The Kier molecular flexibility index (Phi) is 5.29. The molecule has 0 aromatic heterocycles. The van der Waals surface area contributed by atoms with Crippen molar-refractivity contribution in [2.24, 2.45) is 16.7 Å². The summed E-state index contributed by atoms with van der Waals surface area (Å²) >= 11 is 0. The SMILES string of the molecule is CC(C)=C(C)C(C)CC(C)(C)CC(C)(C)C. The van der Waals surface area contributed by atoms with Crippen LogP contribution in [-0.4, -0.2) is 0 Å². The predicted molar refractivity (Wildman–Crippen MR) is 75.7 cm³/mol. The van der Waals surface area contributed by atoms with Crippen molar-refractivity contribution in [3.05, 3.63) is 11.1 Å². The van der Waals surface area contributed by atoms with Crippen LogP contribution in [0.2, 0.25) is 0 Å². The third-order valence-corrected chi connectivity index (χ3v) is 3.40. The van der Waals surface area contributed by atoms with Gasteiger partial charge in [-0.2, -0.15) is 0 Å². The van der Waals surface area contributed by atoms with Gasteiger partial charge in [-0.15, -0.1) is 0 Å². The van der Waals surface area contributed by atoms with E-state index in [1.807, 2.05) is 0 Å². The molecule has 0 aliphatic rings. The molecule has 1 atom stereocenters. The fraction of sp³-hybridized carbons (Fsp3) is 0.875. The molecule has 0 aliphatic heterocycles. The van der Waals surface area contributed by atoms with Crippen molar-refractivity contribution in [3.63, 3.8) is 0 Å². The molecule has 0 heteroatoms. The minimum Gasteiger partial charge on any atom is -0.0772 e. The van der Waals surface area contributed by atoms with Gasteiger partial charge in [0.2, 0.25) is 0 Å². The van der Waals surface area contributed by atoms with Crippen LogP contribution in [-0.2, 0) is 0 Å². The zero-order valence-electron chi connectivity index (χ0n) is 13.0. The van der Waals surface area contributed by atoms with Crippen molar-refractivity contribution < 1.29 is 0 Å². The van der Waals surface area contributed by atoms with Crippen molar-refractivity contribution in [1.82, 2.24) is 0 Å². The first-order valence-electron chi connectivity index (χ1n) is 6.58. The molecule has 0 amide bonds. The second kappa shape index (κ2) is 5.38. The third kappa shape index (κ3) is 6.35. The lowest BCUT2D eigenvalue weighted by atomic mass is 9.71. The first kappa shape index (κ1) is 15.7. The van der Waals surface area contributed by atoms with E-state index in [2.05, 4.69) is 62.3 Å². The Hall–Kier alpha value is -0.260. The molecule has 0 N–H and O–H groups in total. The summed E-state index contributed by atoms with van der Waals surface area (Å²) in [6.07, 6.45) is 2.58. The molecule has 0 aromatic rings. The molecular weight excluding hydrogens is 192 g/mol. The highest BCUT2D eigenvalue weighted by atomic mass is 14.3. The Morgan fingerprint density at radius 2 is 1.38 bits per heavy atom. The van der Waals surface area contributed by atoms with Crippen LogP contribution in [0, 0.1) is 16.7 Å². The summed E-state index contributed by atoms with van der Waals surface area (Å²) in [5, 5.41) is 0. The van der Waals surface area contributed by atoms with Gasteiger partial charge in [-0.1, -0.05) is 52.7 Å². The van der Waals surface area contributed by atoms with Crippen LogP contribution >= 0.6 is 0 Å². The molecule has 0 fully saturated rings. The van der Waals surface area contributed by atoms with Crippen LogP contribution < -0.4 is 0 Å². The van der Waals surface area contributed by atoms with E-state index in [-0.39, 0.29) is 0 Å². The monoisotopic (exact) mass is 224 g/mol. The standard InChI is InChI=1S/C16H32/c1-12(2)14(4)13(3)10-16(8,9)11-15(5,6)7/h13H,10-11H2,1-9H3. The van der Waals surface area contributed by atoms with E-state index >= 15 is 0 Å². The van der Waals surface area contributed by atoms with Gasteiger partial charge in [0.1, 0.15) is 0 Å². The van der Waals surface area contributed by atoms with Crippen molar-refractivity contribution >= 4 is 0 Å². The van der Waals surface area contributed by atoms with E-state index in [4.69, 9.17) is 0 Å². The summed E-state index contributed by atoms with van der Waals surface area (Å²) in [7, 11) is 0. The van der Waals surface area contributed by atoms with Gasteiger partial charge in [-0.25, -0.2) is 0 Å². The van der Waals surface area contributed by atoms with Gasteiger partial charge in [0.05, 0.1) is 0 Å². The fourth-order valence-electron chi connectivity index (χ4n) is 2.98. The normalized spacial score (nSPS) is 14.8. The maximum absolute atomic E-state index is 2.41. The van der Waals surface area contributed by atoms with Crippen molar-refractivity contribution in [2.75, 3.05) is 0 Å². The maximum atomic E-state index is 2.41. The van der Waals surface area contributed by atoms with Crippen LogP contribution in [0.4, 0.5) is 0 Å². The van der Waals surface area contributed by atoms with E-state index in [9.17, 15) is 0 Å². The third-order valence-electron chi connectivity index (χ3n) is 3.40. The summed E-state index contributed by atoms with van der Waals surface area (Å²) < 4.78 is 0. The Morgan fingerprint density at radius 1 is 0.938 bits per heavy atom. The second-order valence-corrected chi connectivity index (χ2v) is 7.69. The van der Waals surface area contributed by atoms with Crippen LogP contribution in [0.5, 0.6) is 0 Å². The Morgan fingerprint density at radius 3 is 1.69 bits per heavy atom. The molecule has 0 heterocycles. The number of hydrogen-bond acceptors (Lipinski definition) is 0. The summed E-state index contributed by atoms with van der Waals surface area (Å²) in [6.45, 7) is 20.9. The van der Waals surface area contributed by atoms with Gasteiger partial charge in [0.25, 0.3) is 0 Å². The average Bonchev–Trinajstić information content (AvgIpc) is 1.96. The van der Waals surface area contributed by atoms with Crippen LogP contribution in [0.3, 0.4) is 0 Å². The maximum Gasteiger partial charge on any atom is -0.0227 e. The Bertz CT molecular complexity index is 244. The van der Waals surface area contributed by atoms with Gasteiger partial charge in [0.15, 0.2) is 0 Å². The van der Waals surface area contributed by atoms with Crippen LogP contribution in [0.1, 0.15) is 75.2 Å². The second-order valence-electron chi connectivity index (χ2n) is 7.69. The highest BCUT2D eigenvalue weighted by molar-refractivity contribution is 5.10. The van der Waals surface area contributed by atoms with Gasteiger partial charge in [-0.05, 0) is 50.4 Å². The molecule has 0 bridgehead atoms. The molecule has 0 rings (SSSR count).